The number of aryl methyl sites for hydroxylation is 2. The quantitative estimate of drug-likeness (QED) is 0.676. The maximum atomic E-state index is 13.2. The number of amides is 1. The Morgan fingerprint density at radius 2 is 1.96 bits per heavy atom. The summed E-state index contributed by atoms with van der Waals surface area (Å²) in [5, 5.41) is 9.07. The summed E-state index contributed by atoms with van der Waals surface area (Å²) in [6, 6.07) is 7.57. The summed E-state index contributed by atoms with van der Waals surface area (Å²) in [5.41, 5.74) is 0.935. The van der Waals surface area contributed by atoms with Gasteiger partial charge in [-0.1, -0.05) is 0 Å². The molecule has 3 aromatic heterocycles. The van der Waals surface area contributed by atoms with Gasteiger partial charge in [0.15, 0.2) is 0 Å². The molecule has 26 heavy (non-hydrogen) atoms. The standard InChI is InChI=1S/C19H19NO5S/c1-12-11-25-16(8-17(21)22)18(12)19(23)20(9-14-4-3-7-24-14)10-15-6-5-13(2)26-15/h3-7,11H,8-10H2,1-2H3,(H,21,22). The van der Waals surface area contributed by atoms with E-state index in [1.54, 1.807) is 41.6 Å². The highest BCUT2D eigenvalue weighted by molar-refractivity contribution is 7.11. The lowest BCUT2D eigenvalue weighted by Gasteiger charge is -2.21. The number of hydrogen-bond acceptors (Lipinski definition) is 5. The minimum absolute atomic E-state index is 0.173. The summed E-state index contributed by atoms with van der Waals surface area (Å²) in [7, 11) is 0. The third-order valence-electron chi connectivity index (χ3n) is 3.93. The van der Waals surface area contributed by atoms with Gasteiger partial charge >= 0.3 is 5.97 Å². The second-order valence-electron chi connectivity index (χ2n) is 6.04. The highest BCUT2D eigenvalue weighted by atomic mass is 32.1. The summed E-state index contributed by atoms with van der Waals surface area (Å²) < 4.78 is 10.7. The van der Waals surface area contributed by atoms with Gasteiger partial charge in [0.2, 0.25) is 0 Å². The molecule has 0 aliphatic carbocycles. The first-order valence-corrected chi connectivity index (χ1v) is 8.91. The third-order valence-corrected chi connectivity index (χ3v) is 4.92. The predicted molar refractivity (Wildman–Crippen MR) is 96.1 cm³/mol. The van der Waals surface area contributed by atoms with Crippen LogP contribution in [-0.4, -0.2) is 21.9 Å². The van der Waals surface area contributed by atoms with Gasteiger partial charge in [-0.15, -0.1) is 11.3 Å². The molecule has 0 saturated carbocycles. The van der Waals surface area contributed by atoms with Gasteiger partial charge in [0, 0.05) is 15.3 Å². The molecule has 0 bridgehead atoms. The van der Waals surface area contributed by atoms with Gasteiger partial charge in [0.25, 0.3) is 5.91 Å². The number of nitrogens with zero attached hydrogens (tertiary/aromatic N) is 1. The number of furan rings is 2. The molecule has 0 spiro atoms. The van der Waals surface area contributed by atoms with Crippen LogP contribution in [0.25, 0.3) is 0 Å². The fourth-order valence-corrected chi connectivity index (χ4v) is 3.67. The van der Waals surface area contributed by atoms with Crippen LogP contribution in [0.5, 0.6) is 0 Å². The smallest absolute Gasteiger partial charge is 0.311 e. The van der Waals surface area contributed by atoms with E-state index in [-0.39, 0.29) is 18.1 Å². The van der Waals surface area contributed by atoms with E-state index in [0.29, 0.717) is 30.0 Å². The molecule has 7 heteroatoms. The second kappa shape index (κ2) is 7.61. The molecule has 0 saturated heterocycles. The second-order valence-corrected chi connectivity index (χ2v) is 7.41. The Bertz CT molecular complexity index is 906. The van der Waals surface area contributed by atoms with Gasteiger partial charge in [0.1, 0.15) is 17.9 Å². The lowest BCUT2D eigenvalue weighted by Crippen LogP contribution is -2.30. The Balaban J connectivity index is 1.91. The average molecular weight is 373 g/mol. The number of carboxylic acids is 1. The summed E-state index contributed by atoms with van der Waals surface area (Å²) in [6.45, 7) is 4.45. The van der Waals surface area contributed by atoms with Crippen LogP contribution in [0.3, 0.4) is 0 Å². The van der Waals surface area contributed by atoms with Gasteiger partial charge in [0.05, 0.1) is 31.2 Å². The molecule has 0 fully saturated rings. The molecule has 0 atom stereocenters. The summed E-state index contributed by atoms with van der Waals surface area (Å²) in [5.74, 6) is -0.478. The molecule has 0 aromatic carbocycles. The number of aliphatic carboxylic acids is 1. The maximum Gasteiger partial charge on any atom is 0.311 e. The Labute approximate surface area is 154 Å². The number of carbonyl (C=O) groups excluding carboxylic acids is 1. The van der Waals surface area contributed by atoms with Crippen molar-refractivity contribution < 1.29 is 23.5 Å². The van der Waals surface area contributed by atoms with Crippen molar-refractivity contribution in [1.29, 1.82) is 0 Å². The Morgan fingerprint density at radius 1 is 1.15 bits per heavy atom. The normalized spacial score (nSPS) is 10.8. The van der Waals surface area contributed by atoms with E-state index in [0.717, 1.165) is 9.75 Å². The maximum absolute atomic E-state index is 13.2. The van der Waals surface area contributed by atoms with Crippen LogP contribution in [0.2, 0.25) is 0 Å². The summed E-state index contributed by atoms with van der Waals surface area (Å²) in [6.07, 6.45) is 2.65. The summed E-state index contributed by atoms with van der Waals surface area (Å²) in [4.78, 5) is 28.1. The molecule has 0 radical (unpaired) electrons. The Kier molecular flexibility index (Phi) is 5.27. The number of carbonyl (C=O) groups is 2. The lowest BCUT2D eigenvalue weighted by molar-refractivity contribution is -0.136. The van der Waals surface area contributed by atoms with Crippen LogP contribution in [0.4, 0.5) is 0 Å². The largest absolute Gasteiger partial charge is 0.481 e. The van der Waals surface area contributed by atoms with Crippen LogP contribution in [0.1, 0.15) is 37.2 Å². The van der Waals surface area contributed by atoms with E-state index >= 15 is 0 Å². The minimum atomic E-state index is -1.04. The van der Waals surface area contributed by atoms with Gasteiger partial charge in [-0.2, -0.15) is 0 Å². The number of hydrogen-bond donors (Lipinski definition) is 1. The van der Waals surface area contributed by atoms with Crippen LogP contribution >= 0.6 is 11.3 Å². The monoisotopic (exact) mass is 373 g/mol. The molecule has 3 aromatic rings. The molecule has 0 aliphatic rings. The molecule has 3 heterocycles. The highest BCUT2D eigenvalue weighted by Crippen LogP contribution is 2.24. The van der Waals surface area contributed by atoms with Crippen molar-refractivity contribution in [3.63, 3.8) is 0 Å². The van der Waals surface area contributed by atoms with E-state index in [1.165, 1.54) is 6.26 Å². The van der Waals surface area contributed by atoms with Crippen molar-refractivity contribution in [3.8, 4) is 0 Å². The van der Waals surface area contributed by atoms with Crippen molar-refractivity contribution >= 4 is 23.2 Å². The van der Waals surface area contributed by atoms with Gasteiger partial charge in [-0.05, 0) is 38.1 Å². The first kappa shape index (κ1) is 18.0. The fourth-order valence-electron chi connectivity index (χ4n) is 2.76. The number of carboxylic acid groups (broad SMARTS) is 1. The number of thiophene rings is 1. The van der Waals surface area contributed by atoms with Crippen molar-refractivity contribution in [2.24, 2.45) is 0 Å². The molecule has 0 unspecified atom stereocenters. The molecular formula is C19H19NO5S. The first-order valence-electron chi connectivity index (χ1n) is 8.09. The lowest BCUT2D eigenvalue weighted by atomic mass is 10.1. The van der Waals surface area contributed by atoms with Crippen molar-refractivity contribution in [3.05, 3.63) is 69.2 Å². The van der Waals surface area contributed by atoms with Crippen LogP contribution in [-0.2, 0) is 24.3 Å². The van der Waals surface area contributed by atoms with Crippen LogP contribution < -0.4 is 0 Å². The molecular weight excluding hydrogens is 354 g/mol. The summed E-state index contributed by atoms with van der Waals surface area (Å²) >= 11 is 1.62. The molecule has 1 N–H and O–H groups in total. The molecule has 3 rings (SSSR count). The Morgan fingerprint density at radius 3 is 2.58 bits per heavy atom. The van der Waals surface area contributed by atoms with E-state index < -0.39 is 5.97 Å². The van der Waals surface area contributed by atoms with E-state index in [4.69, 9.17) is 13.9 Å². The van der Waals surface area contributed by atoms with Crippen LogP contribution in [0, 0.1) is 13.8 Å². The van der Waals surface area contributed by atoms with Gasteiger partial charge in [-0.3, -0.25) is 9.59 Å². The molecule has 6 nitrogen and oxygen atoms in total. The predicted octanol–water partition coefficient (Wildman–Crippen LogP) is 4.02. The van der Waals surface area contributed by atoms with Crippen molar-refractivity contribution in [2.45, 2.75) is 33.4 Å². The fraction of sp³-hybridized carbons (Fsp3) is 0.263. The zero-order chi connectivity index (χ0) is 18.7. The zero-order valence-electron chi connectivity index (χ0n) is 14.5. The molecule has 0 aliphatic heterocycles. The number of rotatable bonds is 7. The average Bonchev–Trinajstić information content (AvgIpc) is 3.29. The van der Waals surface area contributed by atoms with E-state index in [1.807, 2.05) is 19.1 Å². The van der Waals surface area contributed by atoms with Gasteiger partial charge in [-0.25, -0.2) is 0 Å². The molecule has 136 valence electrons. The molecule has 1 amide bonds. The van der Waals surface area contributed by atoms with Crippen molar-refractivity contribution in [1.82, 2.24) is 4.90 Å². The zero-order valence-corrected chi connectivity index (χ0v) is 15.3. The minimum Gasteiger partial charge on any atom is -0.481 e. The topological polar surface area (TPSA) is 83.9 Å². The van der Waals surface area contributed by atoms with E-state index in [9.17, 15) is 9.59 Å². The highest BCUT2D eigenvalue weighted by Gasteiger charge is 2.26. The first-order chi connectivity index (χ1) is 12.4. The Hall–Kier alpha value is -2.80. The third kappa shape index (κ3) is 4.05. The van der Waals surface area contributed by atoms with Crippen molar-refractivity contribution in [2.75, 3.05) is 0 Å². The SMILES string of the molecule is Cc1ccc(CN(Cc2ccco2)C(=O)c2c(C)coc2CC(=O)O)s1. The van der Waals surface area contributed by atoms with Crippen LogP contribution in [0.15, 0.2) is 45.6 Å². The van der Waals surface area contributed by atoms with Gasteiger partial charge < -0.3 is 18.8 Å². The van der Waals surface area contributed by atoms with E-state index in [2.05, 4.69) is 0 Å².